The molecular formula is C22H33NO7S. The van der Waals surface area contributed by atoms with Crippen LogP contribution in [0.25, 0.3) is 0 Å². The van der Waals surface area contributed by atoms with E-state index in [1.54, 1.807) is 59.7 Å². The van der Waals surface area contributed by atoms with Crippen LogP contribution in [-0.4, -0.2) is 53.9 Å². The normalized spacial score (nSPS) is 13.6. The summed E-state index contributed by atoms with van der Waals surface area (Å²) >= 11 is 0. The van der Waals surface area contributed by atoms with Gasteiger partial charge in [0.2, 0.25) is 10.0 Å². The number of sulfonamides is 1. The Bertz CT molecular complexity index is 924. The van der Waals surface area contributed by atoms with E-state index in [2.05, 4.69) is 0 Å². The predicted molar refractivity (Wildman–Crippen MR) is 117 cm³/mol. The average Bonchev–Trinajstić information content (AvgIpc) is 2.54. The van der Waals surface area contributed by atoms with Crippen molar-refractivity contribution >= 4 is 27.7 Å². The Kier molecular flexibility index (Phi) is 8.56. The van der Waals surface area contributed by atoms with Crippen LogP contribution < -0.4 is 0 Å². The highest BCUT2D eigenvalue weighted by molar-refractivity contribution is 7.88. The van der Waals surface area contributed by atoms with Gasteiger partial charge in [-0.25, -0.2) is 13.2 Å². The lowest BCUT2D eigenvalue weighted by Gasteiger charge is -2.30. The summed E-state index contributed by atoms with van der Waals surface area (Å²) < 4.78 is 36.7. The molecule has 0 radical (unpaired) electrons. The van der Waals surface area contributed by atoms with Crippen molar-refractivity contribution in [2.75, 3.05) is 6.26 Å². The molecule has 31 heavy (non-hydrogen) atoms. The van der Waals surface area contributed by atoms with Crippen LogP contribution in [0.15, 0.2) is 24.3 Å². The van der Waals surface area contributed by atoms with Crippen LogP contribution in [0, 0.1) is 0 Å². The van der Waals surface area contributed by atoms with E-state index in [-0.39, 0.29) is 24.3 Å². The lowest BCUT2D eigenvalue weighted by Crippen LogP contribution is -2.47. The largest absolute Gasteiger partial charge is 0.459 e. The first-order valence-corrected chi connectivity index (χ1v) is 11.8. The highest BCUT2D eigenvalue weighted by atomic mass is 32.2. The van der Waals surface area contributed by atoms with Crippen LogP contribution in [-0.2, 0) is 35.6 Å². The monoisotopic (exact) mass is 455 g/mol. The van der Waals surface area contributed by atoms with Gasteiger partial charge < -0.3 is 9.47 Å². The summed E-state index contributed by atoms with van der Waals surface area (Å²) in [6.45, 7) is 11.3. The first-order chi connectivity index (χ1) is 13.9. The molecule has 1 aromatic rings. The molecule has 1 aromatic carbocycles. The number of Topliss-reactive ketones (excluding diaryl/α,β-unsaturated/α-hetero) is 1. The van der Waals surface area contributed by atoms with Crippen molar-refractivity contribution < 1.29 is 32.3 Å². The quantitative estimate of drug-likeness (QED) is 0.554. The van der Waals surface area contributed by atoms with Crippen LogP contribution in [0.1, 0.15) is 70.8 Å². The van der Waals surface area contributed by atoms with E-state index in [1.807, 2.05) is 0 Å². The number of rotatable bonds is 8. The van der Waals surface area contributed by atoms with E-state index in [9.17, 15) is 22.8 Å². The standard InChI is InChI=1S/C22H33NO7S/c1-15(24)12-18(20(26)30-22(5,6)7)23(31(8,27)28)14-16-10-9-11-17(13-16)19(25)29-21(2,3)4/h9-11,13,18H,12,14H2,1-8H3/t18-/m0/s1. The first-order valence-electron chi connectivity index (χ1n) is 9.90. The number of esters is 2. The van der Waals surface area contributed by atoms with Crippen molar-refractivity contribution in [3.05, 3.63) is 35.4 Å². The van der Waals surface area contributed by atoms with Gasteiger partial charge in [-0.2, -0.15) is 4.31 Å². The van der Waals surface area contributed by atoms with Gasteiger partial charge in [0.15, 0.2) is 0 Å². The minimum absolute atomic E-state index is 0.216. The predicted octanol–water partition coefficient (Wildman–Crippen LogP) is 3.09. The zero-order valence-corrected chi connectivity index (χ0v) is 20.3. The van der Waals surface area contributed by atoms with E-state index in [4.69, 9.17) is 9.47 Å². The molecule has 0 spiro atoms. The second-order valence-corrected chi connectivity index (χ2v) is 11.4. The fraction of sp³-hybridized carbons (Fsp3) is 0.591. The summed E-state index contributed by atoms with van der Waals surface area (Å²) in [6.07, 6.45) is 0.635. The molecule has 8 nitrogen and oxygen atoms in total. The Hall–Kier alpha value is -2.26. The van der Waals surface area contributed by atoms with Gasteiger partial charge in [0, 0.05) is 13.0 Å². The molecule has 0 aromatic heterocycles. The second-order valence-electron chi connectivity index (χ2n) is 9.47. The van der Waals surface area contributed by atoms with Crippen molar-refractivity contribution in [3.8, 4) is 0 Å². The van der Waals surface area contributed by atoms with Crippen LogP contribution >= 0.6 is 0 Å². The van der Waals surface area contributed by atoms with Crippen molar-refractivity contribution in [1.82, 2.24) is 4.31 Å². The van der Waals surface area contributed by atoms with Crippen molar-refractivity contribution in [2.24, 2.45) is 0 Å². The van der Waals surface area contributed by atoms with E-state index in [1.165, 1.54) is 13.0 Å². The van der Waals surface area contributed by atoms with Gasteiger partial charge in [-0.3, -0.25) is 9.59 Å². The fourth-order valence-corrected chi connectivity index (χ4v) is 3.72. The van der Waals surface area contributed by atoms with Crippen molar-refractivity contribution in [3.63, 3.8) is 0 Å². The average molecular weight is 456 g/mol. The van der Waals surface area contributed by atoms with E-state index in [0.717, 1.165) is 10.6 Å². The fourth-order valence-electron chi connectivity index (χ4n) is 2.72. The minimum Gasteiger partial charge on any atom is -0.459 e. The maximum absolute atomic E-state index is 12.7. The Labute approximate surface area is 185 Å². The van der Waals surface area contributed by atoms with Crippen LogP contribution in [0.4, 0.5) is 0 Å². The molecule has 0 bridgehead atoms. The molecule has 0 heterocycles. The molecule has 0 N–H and O–H groups in total. The first kappa shape index (κ1) is 26.8. The highest BCUT2D eigenvalue weighted by Crippen LogP contribution is 2.21. The molecule has 0 aliphatic carbocycles. The highest BCUT2D eigenvalue weighted by Gasteiger charge is 2.36. The molecule has 0 unspecified atom stereocenters. The number of ketones is 1. The Morgan fingerprint density at radius 3 is 2.00 bits per heavy atom. The maximum Gasteiger partial charge on any atom is 0.338 e. The molecule has 0 saturated heterocycles. The Balaban J connectivity index is 3.31. The summed E-state index contributed by atoms with van der Waals surface area (Å²) in [5.41, 5.74) is -0.826. The van der Waals surface area contributed by atoms with Gasteiger partial charge in [0.1, 0.15) is 23.0 Å². The molecule has 0 amide bonds. The van der Waals surface area contributed by atoms with E-state index < -0.39 is 39.2 Å². The molecule has 1 atom stereocenters. The molecule has 1 rings (SSSR count). The third-order valence-electron chi connectivity index (χ3n) is 3.83. The van der Waals surface area contributed by atoms with Gasteiger partial charge in [0.05, 0.1) is 11.8 Å². The van der Waals surface area contributed by atoms with Crippen molar-refractivity contribution in [1.29, 1.82) is 0 Å². The van der Waals surface area contributed by atoms with Gasteiger partial charge in [-0.05, 0) is 66.2 Å². The molecular weight excluding hydrogens is 422 g/mol. The Morgan fingerprint density at radius 2 is 1.55 bits per heavy atom. The van der Waals surface area contributed by atoms with Gasteiger partial charge in [-0.15, -0.1) is 0 Å². The number of ether oxygens (including phenoxy) is 2. The van der Waals surface area contributed by atoms with Gasteiger partial charge >= 0.3 is 11.9 Å². The number of hydrogen-bond acceptors (Lipinski definition) is 7. The van der Waals surface area contributed by atoms with E-state index in [0.29, 0.717) is 5.56 Å². The molecule has 0 fully saturated rings. The molecule has 0 aliphatic rings. The second kappa shape index (κ2) is 9.91. The number of carbonyl (C=O) groups excluding carboxylic acids is 3. The molecule has 174 valence electrons. The van der Waals surface area contributed by atoms with Gasteiger partial charge in [-0.1, -0.05) is 12.1 Å². The topological polar surface area (TPSA) is 107 Å². The zero-order valence-electron chi connectivity index (χ0n) is 19.5. The SMILES string of the molecule is CC(=O)C[C@@H](C(=O)OC(C)(C)C)N(Cc1cccc(C(=O)OC(C)(C)C)c1)S(C)(=O)=O. The van der Waals surface area contributed by atoms with E-state index >= 15 is 0 Å². The summed E-state index contributed by atoms with van der Waals surface area (Å²) in [5, 5.41) is 0. The molecule has 0 saturated carbocycles. The van der Waals surface area contributed by atoms with Crippen molar-refractivity contribution in [2.45, 2.75) is 78.7 Å². The van der Waals surface area contributed by atoms with Crippen LogP contribution in [0.3, 0.4) is 0 Å². The molecule has 0 aliphatic heterocycles. The third-order valence-corrected chi connectivity index (χ3v) is 5.07. The summed E-state index contributed by atoms with van der Waals surface area (Å²) in [5.74, 6) is -1.71. The number of hydrogen-bond donors (Lipinski definition) is 0. The molecule has 9 heteroatoms. The van der Waals surface area contributed by atoms with Crippen LogP contribution in [0.2, 0.25) is 0 Å². The third kappa shape index (κ3) is 9.61. The number of nitrogens with zero attached hydrogens (tertiary/aromatic N) is 1. The minimum atomic E-state index is -3.91. The number of benzene rings is 1. The zero-order chi connectivity index (χ0) is 24.2. The summed E-state index contributed by atoms with van der Waals surface area (Å²) in [6, 6.07) is 4.97. The summed E-state index contributed by atoms with van der Waals surface area (Å²) in [4.78, 5) is 36.9. The maximum atomic E-state index is 12.7. The Morgan fingerprint density at radius 1 is 1.00 bits per heavy atom. The van der Waals surface area contributed by atoms with Crippen LogP contribution in [0.5, 0.6) is 0 Å². The summed E-state index contributed by atoms with van der Waals surface area (Å²) in [7, 11) is -3.91. The smallest absolute Gasteiger partial charge is 0.338 e. The lowest BCUT2D eigenvalue weighted by molar-refractivity contribution is -0.160. The lowest BCUT2D eigenvalue weighted by atomic mass is 10.1. The van der Waals surface area contributed by atoms with Gasteiger partial charge in [0.25, 0.3) is 0 Å². The number of carbonyl (C=O) groups is 3.